The lowest BCUT2D eigenvalue weighted by Crippen LogP contribution is -2.35. The second kappa shape index (κ2) is 5.26. The molecule has 0 heterocycles. The number of halogens is 1. The van der Waals surface area contributed by atoms with Gasteiger partial charge in [-0.3, -0.25) is 4.90 Å². The average molecular weight is 236 g/mol. The number of rotatable bonds is 4. The van der Waals surface area contributed by atoms with Crippen LogP contribution in [0.5, 0.6) is 0 Å². The Morgan fingerprint density at radius 2 is 2.12 bits per heavy atom. The van der Waals surface area contributed by atoms with Crippen LogP contribution in [0.2, 0.25) is 0 Å². The van der Waals surface area contributed by atoms with Gasteiger partial charge in [-0.25, -0.2) is 4.39 Å². The molecule has 1 rings (SSSR count). The van der Waals surface area contributed by atoms with Gasteiger partial charge in [-0.1, -0.05) is 6.07 Å². The third kappa shape index (κ3) is 4.51. The molecule has 0 atom stereocenters. The standard InChI is InChI=1S/C13H17FN2O/c1-13(2,17)9-16(3)8-10-4-5-12(14)11(6-10)7-15/h4-6,17H,8-9H2,1-3H3. The Kier molecular flexibility index (Phi) is 4.22. The van der Waals surface area contributed by atoms with Crippen LogP contribution in [0.15, 0.2) is 18.2 Å². The lowest BCUT2D eigenvalue weighted by atomic mass is 10.1. The molecule has 0 bridgehead atoms. The van der Waals surface area contributed by atoms with E-state index in [0.717, 1.165) is 5.56 Å². The molecule has 0 aliphatic heterocycles. The van der Waals surface area contributed by atoms with Crippen molar-refractivity contribution in [3.8, 4) is 6.07 Å². The van der Waals surface area contributed by atoms with Crippen molar-refractivity contribution in [1.82, 2.24) is 4.90 Å². The first-order valence-electron chi connectivity index (χ1n) is 5.41. The first-order valence-corrected chi connectivity index (χ1v) is 5.41. The second-order valence-electron chi connectivity index (χ2n) is 4.91. The van der Waals surface area contributed by atoms with E-state index in [-0.39, 0.29) is 5.56 Å². The van der Waals surface area contributed by atoms with Gasteiger partial charge in [0, 0.05) is 13.1 Å². The van der Waals surface area contributed by atoms with Crippen molar-refractivity contribution in [2.24, 2.45) is 0 Å². The van der Waals surface area contributed by atoms with Crippen LogP contribution in [0, 0.1) is 17.1 Å². The molecule has 3 nitrogen and oxygen atoms in total. The molecule has 0 saturated carbocycles. The fourth-order valence-corrected chi connectivity index (χ4v) is 1.78. The van der Waals surface area contributed by atoms with Crippen LogP contribution < -0.4 is 0 Å². The Balaban J connectivity index is 2.73. The number of nitriles is 1. The minimum Gasteiger partial charge on any atom is -0.389 e. The molecule has 0 spiro atoms. The Labute approximate surface area is 101 Å². The molecule has 0 aliphatic carbocycles. The van der Waals surface area contributed by atoms with Crippen molar-refractivity contribution in [1.29, 1.82) is 5.26 Å². The fourth-order valence-electron chi connectivity index (χ4n) is 1.78. The fraction of sp³-hybridized carbons (Fsp3) is 0.462. The van der Waals surface area contributed by atoms with Crippen LogP contribution in [-0.4, -0.2) is 29.2 Å². The maximum atomic E-state index is 13.1. The number of hydrogen-bond acceptors (Lipinski definition) is 3. The van der Waals surface area contributed by atoms with Gasteiger partial charge in [0.05, 0.1) is 11.2 Å². The van der Waals surface area contributed by atoms with Gasteiger partial charge in [-0.15, -0.1) is 0 Å². The van der Waals surface area contributed by atoms with E-state index in [0.29, 0.717) is 13.1 Å². The van der Waals surface area contributed by atoms with Gasteiger partial charge < -0.3 is 5.11 Å². The smallest absolute Gasteiger partial charge is 0.140 e. The third-order valence-electron chi connectivity index (χ3n) is 2.26. The van der Waals surface area contributed by atoms with Crippen molar-refractivity contribution < 1.29 is 9.50 Å². The highest BCUT2D eigenvalue weighted by Gasteiger charge is 2.15. The largest absolute Gasteiger partial charge is 0.389 e. The molecule has 4 heteroatoms. The zero-order chi connectivity index (χ0) is 13.1. The van der Waals surface area contributed by atoms with Gasteiger partial charge in [-0.05, 0) is 38.6 Å². The molecule has 17 heavy (non-hydrogen) atoms. The maximum Gasteiger partial charge on any atom is 0.140 e. The molecule has 1 N–H and O–H groups in total. The number of aliphatic hydroxyl groups is 1. The van der Waals surface area contributed by atoms with E-state index in [4.69, 9.17) is 5.26 Å². The minimum atomic E-state index is -0.771. The Morgan fingerprint density at radius 1 is 1.47 bits per heavy atom. The normalized spacial score (nSPS) is 11.6. The second-order valence-corrected chi connectivity index (χ2v) is 4.91. The van der Waals surface area contributed by atoms with Crippen LogP contribution in [0.4, 0.5) is 4.39 Å². The highest BCUT2D eigenvalue weighted by Crippen LogP contribution is 2.12. The van der Waals surface area contributed by atoms with Crippen LogP contribution >= 0.6 is 0 Å². The molecule has 1 aromatic rings. The van der Waals surface area contributed by atoms with Crippen molar-refractivity contribution in [2.45, 2.75) is 26.0 Å². The van der Waals surface area contributed by atoms with Gasteiger partial charge in [0.25, 0.3) is 0 Å². The van der Waals surface area contributed by atoms with Crippen LogP contribution in [-0.2, 0) is 6.54 Å². The van der Waals surface area contributed by atoms with Gasteiger partial charge in [-0.2, -0.15) is 5.26 Å². The Bertz CT molecular complexity index is 432. The topological polar surface area (TPSA) is 47.3 Å². The van der Waals surface area contributed by atoms with E-state index in [9.17, 15) is 9.50 Å². The number of likely N-dealkylation sites (N-methyl/N-ethyl adjacent to an activating group) is 1. The van der Waals surface area contributed by atoms with E-state index in [2.05, 4.69) is 0 Å². The highest BCUT2D eigenvalue weighted by molar-refractivity contribution is 5.34. The Hall–Kier alpha value is -1.44. The number of nitrogens with zero attached hydrogens (tertiary/aromatic N) is 2. The first kappa shape index (κ1) is 13.6. The van der Waals surface area contributed by atoms with Crippen molar-refractivity contribution in [3.05, 3.63) is 35.1 Å². The van der Waals surface area contributed by atoms with Gasteiger partial charge >= 0.3 is 0 Å². The number of hydrogen-bond donors (Lipinski definition) is 1. The zero-order valence-corrected chi connectivity index (χ0v) is 10.4. The maximum absolute atomic E-state index is 13.1. The SMILES string of the molecule is CN(Cc1ccc(F)c(C#N)c1)CC(C)(C)O. The molecule has 0 radical (unpaired) electrons. The third-order valence-corrected chi connectivity index (χ3v) is 2.26. The van der Waals surface area contributed by atoms with Gasteiger partial charge in [0.2, 0.25) is 0 Å². The van der Waals surface area contributed by atoms with E-state index in [1.165, 1.54) is 12.1 Å². The highest BCUT2D eigenvalue weighted by atomic mass is 19.1. The quantitative estimate of drug-likeness (QED) is 0.868. The molecule has 0 unspecified atom stereocenters. The van der Waals surface area contributed by atoms with Crippen molar-refractivity contribution >= 4 is 0 Å². The molecule has 0 aliphatic rings. The summed E-state index contributed by atoms with van der Waals surface area (Å²) in [5.41, 5.74) is 0.140. The molecule has 0 amide bonds. The first-order chi connectivity index (χ1) is 7.81. The molecule has 92 valence electrons. The molecule has 0 saturated heterocycles. The van der Waals surface area contributed by atoms with Crippen molar-refractivity contribution in [3.63, 3.8) is 0 Å². The van der Waals surface area contributed by atoms with E-state index < -0.39 is 11.4 Å². The summed E-state index contributed by atoms with van der Waals surface area (Å²) in [6, 6.07) is 6.30. The summed E-state index contributed by atoms with van der Waals surface area (Å²) in [6.07, 6.45) is 0. The average Bonchev–Trinajstić information content (AvgIpc) is 2.18. The molecule has 1 aromatic carbocycles. The van der Waals surface area contributed by atoms with Gasteiger partial charge in [0.1, 0.15) is 11.9 Å². The van der Waals surface area contributed by atoms with E-state index in [1.807, 2.05) is 18.0 Å². The minimum absolute atomic E-state index is 0.0548. The monoisotopic (exact) mass is 236 g/mol. The lowest BCUT2D eigenvalue weighted by Gasteiger charge is -2.25. The summed E-state index contributed by atoms with van der Waals surface area (Å²) in [6.45, 7) is 4.54. The van der Waals surface area contributed by atoms with E-state index >= 15 is 0 Å². The zero-order valence-electron chi connectivity index (χ0n) is 10.4. The van der Waals surface area contributed by atoms with Crippen molar-refractivity contribution in [2.75, 3.05) is 13.6 Å². The molecular weight excluding hydrogens is 219 g/mol. The van der Waals surface area contributed by atoms with Crippen LogP contribution in [0.3, 0.4) is 0 Å². The van der Waals surface area contributed by atoms with Gasteiger partial charge in [0.15, 0.2) is 0 Å². The van der Waals surface area contributed by atoms with E-state index in [1.54, 1.807) is 19.9 Å². The Morgan fingerprint density at radius 3 is 2.65 bits per heavy atom. The summed E-state index contributed by atoms with van der Waals surface area (Å²) in [7, 11) is 1.87. The predicted molar refractivity (Wildman–Crippen MR) is 63.7 cm³/mol. The summed E-state index contributed by atoms with van der Waals surface area (Å²) < 4.78 is 13.1. The number of benzene rings is 1. The summed E-state index contributed by atoms with van der Waals surface area (Å²) >= 11 is 0. The lowest BCUT2D eigenvalue weighted by molar-refractivity contribution is 0.0425. The van der Waals surface area contributed by atoms with Crippen LogP contribution in [0.1, 0.15) is 25.0 Å². The summed E-state index contributed by atoms with van der Waals surface area (Å²) in [5.74, 6) is -0.499. The molecular formula is C13H17FN2O. The van der Waals surface area contributed by atoms with Crippen LogP contribution in [0.25, 0.3) is 0 Å². The predicted octanol–water partition coefficient (Wildman–Crippen LogP) is 1.90. The molecule has 0 aromatic heterocycles. The molecule has 0 fully saturated rings. The summed E-state index contributed by atoms with van der Waals surface area (Å²) in [4.78, 5) is 1.92. The summed E-state index contributed by atoms with van der Waals surface area (Å²) in [5, 5.41) is 18.4.